The van der Waals surface area contributed by atoms with Gasteiger partial charge in [0, 0.05) is 43.1 Å². The zero-order valence-electron chi connectivity index (χ0n) is 14.5. The number of nitrogens with one attached hydrogen (secondary N) is 2. The summed E-state index contributed by atoms with van der Waals surface area (Å²) in [7, 11) is 3.76. The fourth-order valence-electron chi connectivity index (χ4n) is 2.12. The Bertz CT molecular complexity index is 783. The van der Waals surface area contributed by atoms with Gasteiger partial charge in [-0.2, -0.15) is 0 Å². The highest BCUT2D eigenvalue weighted by Crippen LogP contribution is 2.17. The number of thiophene rings is 1. The minimum atomic E-state index is -0.405. The SMILES string of the molecule is Cc1ccc(C(=O)CCC(=O)NNC(=O)c2cccc(N(C)C)c2)s1. The largest absolute Gasteiger partial charge is 0.378 e. The lowest BCUT2D eigenvalue weighted by Gasteiger charge is -2.13. The van der Waals surface area contributed by atoms with E-state index in [2.05, 4.69) is 10.9 Å². The smallest absolute Gasteiger partial charge is 0.269 e. The van der Waals surface area contributed by atoms with Crippen LogP contribution in [-0.4, -0.2) is 31.7 Å². The summed E-state index contributed by atoms with van der Waals surface area (Å²) in [5, 5.41) is 0. The molecule has 0 saturated carbocycles. The van der Waals surface area contributed by atoms with Gasteiger partial charge < -0.3 is 4.90 Å². The van der Waals surface area contributed by atoms with Crippen molar-refractivity contribution in [2.75, 3.05) is 19.0 Å². The third-order valence-corrected chi connectivity index (χ3v) is 4.58. The molecule has 0 fully saturated rings. The molecule has 2 amide bonds. The molecule has 1 aromatic heterocycles. The molecule has 0 saturated heterocycles. The summed E-state index contributed by atoms with van der Waals surface area (Å²) in [5.74, 6) is -0.880. The van der Waals surface area contributed by atoms with E-state index in [1.807, 2.05) is 38.1 Å². The van der Waals surface area contributed by atoms with E-state index < -0.39 is 11.8 Å². The molecule has 0 atom stereocenters. The summed E-state index contributed by atoms with van der Waals surface area (Å²) in [6.07, 6.45) is 0.131. The zero-order chi connectivity index (χ0) is 18.4. The minimum absolute atomic E-state index is 0.0216. The highest BCUT2D eigenvalue weighted by atomic mass is 32.1. The molecule has 2 rings (SSSR count). The van der Waals surface area contributed by atoms with E-state index in [-0.39, 0.29) is 18.6 Å². The lowest BCUT2D eigenvalue weighted by Crippen LogP contribution is -2.41. The van der Waals surface area contributed by atoms with Gasteiger partial charge in [-0.3, -0.25) is 25.2 Å². The molecule has 25 heavy (non-hydrogen) atoms. The van der Waals surface area contributed by atoms with Gasteiger partial charge in [0.25, 0.3) is 5.91 Å². The molecule has 0 aliphatic rings. The average Bonchev–Trinajstić information content (AvgIpc) is 3.04. The third kappa shape index (κ3) is 5.42. The van der Waals surface area contributed by atoms with Crippen LogP contribution in [0, 0.1) is 6.92 Å². The Morgan fingerprint density at radius 2 is 1.80 bits per heavy atom. The zero-order valence-corrected chi connectivity index (χ0v) is 15.3. The maximum Gasteiger partial charge on any atom is 0.269 e. The Labute approximate surface area is 150 Å². The number of hydrogen-bond donors (Lipinski definition) is 2. The maximum absolute atomic E-state index is 12.1. The summed E-state index contributed by atoms with van der Waals surface area (Å²) in [6.45, 7) is 1.93. The van der Waals surface area contributed by atoms with Gasteiger partial charge >= 0.3 is 0 Å². The van der Waals surface area contributed by atoms with E-state index >= 15 is 0 Å². The summed E-state index contributed by atoms with van der Waals surface area (Å²) < 4.78 is 0. The lowest BCUT2D eigenvalue weighted by atomic mass is 10.2. The van der Waals surface area contributed by atoms with Crippen LogP contribution in [-0.2, 0) is 4.79 Å². The molecule has 0 bridgehead atoms. The van der Waals surface area contributed by atoms with Crippen molar-refractivity contribution in [3.63, 3.8) is 0 Å². The molecule has 0 aliphatic carbocycles. The van der Waals surface area contributed by atoms with Crippen LogP contribution < -0.4 is 15.8 Å². The third-order valence-electron chi connectivity index (χ3n) is 3.53. The number of aryl methyl sites for hydroxylation is 1. The van der Waals surface area contributed by atoms with Gasteiger partial charge in [0.2, 0.25) is 5.91 Å². The Balaban J connectivity index is 1.80. The average molecular weight is 359 g/mol. The van der Waals surface area contributed by atoms with Gasteiger partial charge in [-0.15, -0.1) is 11.3 Å². The van der Waals surface area contributed by atoms with E-state index in [0.717, 1.165) is 10.6 Å². The number of Topliss-reactive ketones (excluding diaryl/α,β-unsaturated/α-hetero) is 1. The summed E-state index contributed by atoms with van der Waals surface area (Å²) in [6, 6.07) is 10.7. The van der Waals surface area contributed by atoms with Gasteiger partial charge in [0.15, 0.2) is 5.78 Å². The van der Waals surface area contributed by atoms with Crippen LogP contribution >= 0.6 is 11.3 Å². The second-order valence-corrected chi connectivity index (χ2v) is 7.07. The molecule has 0 unspecified atom stereocenters. The lowest BCUT2D eigenvalue weighted by molar-refractivity contribution is -0.121. The van der Waals surface area contributed by atoms with E-state index in [1.54, 1.807) is 24.3 Å². The Morgan fingerprint density at radius 1 is 1.04 bits per heavy atom. The minimum Gasteiger partial charge on any atom is -0.378 e. The molecule has 7 heteroatoms. The predicted octanol–water partition coefficient (Wildman–Crippen LogP) is 2.55. The monoisotopic (exact) mass is 359 g/mol. The number of nitrogens with zero attached hydrogens (tertiary/aromatic N) is 1. The Morgan fingerprint density at radius 3 is 2.44 bits per heavy atom. The van der Waals surface area contributed by atoms with Crippen molar-refractivity contribution < 1.29 is 14.4 Å². The number of carbonyl (C=O) groups excluding carboxylic acids is 3. The molecule has 0 aliphatic heterocycles. The number of hydrazine groups is 1. The summed E-state index contributed by atoms with van der Waals surface area (Å²) in [5.41, 5.74) is 6.03. The molecule has 2 N–H and O–H groups in total. The molecule has 2 aromatic rings. The number of hydrogen-bond acceptors (Lipinski definition) is 5. The second kappa shape index (κ2) is 8.43. The van der Waals surface area contributed by atoms with Crippen molar-refractivity contribution in [2.24, 2.45) is 0 Å². The molecule has 132 valence electrons. The summed E-state index contributed by atoms with van der Waals surface area (Å²) in [4.78, 5) is 39.4. The first-order valence-electron chi connectivity index (χ1n) is 7.83. The van der Waals surface area contributed by atoms with Gasteiger partial charge in [0.05, 0.1) is 4.88 Å². The van der Waals surface area contributed by atoms with Gasteiger partial charge in [-0.25, -0.2) is 0 Å². The molecule has 0 radical (unpaired) electrons. The summed E-state index contributed by atoms with van der Waals surface area (Å²) >= 11 is 1.41. The topological polar surface area (TPSA) is 78.5 Å². The van der Waals surface area contributed by atoms with Crippen LogP contribution in [0.3, 0.4) is 0 Å². The first-order chi connectivity index (χ1) is 11.9. The van der Waals surface area contributed by atoms with Gasteiger partial charge in [-0.05, 0) is 37.3 Å². The van der Waals surface area contributed by atoms with Crippen LogP contribution in [0.1, 0.15) is 37.7 Å². The normalized spacial score (nSPS) is 10.2. The predicted molar refractivity (Wildman–Crippen MR) is 99.0 cm³/mol. The van der Waals surface area contributed by atoms with Crippen LogP contribution in [0.2, 0.25) is 0 Å². The van der Waals surface area contributed by atoms with Crippen molar-refractivity contribution in [2.45, 2.75) is 19.8 Å². The van der Waals surface area contributed by atoms with E-state index in [4.69, 9.17) is 0 Å². The van der Waals surface area contributed by atoms with Crippen LogP contribution in [0.5, 0.6) is 0 Å². The van der Waals surface area contributed by atoms with Crippen molar-refractivity contribution in [3.8, 4) is 0 Å². The first kappa shape index (κ1) is 18.7. The van der Waals surface area contributed by atoms with E-state index in [1.165, 1.54) is 11.3 Å². The van der Waals surface area contributed by atoms with Crippen molar-refractivity contribution in [3.05, 3.63) is 51.7 Å². The molecular formula is C18H21N3O3S. The molecule has 1 heterocycles. The van der Waals surface area contributed by atoms with Crippen molar-refractivity contribution in [1.82, 2.24) is 10.9 Å². The van der Waals surface area contributed by atoms with Crippen molar-refractivity contribution in [1.29, 1.82) is 0 Å². The van der Waals surface area contributed by atoms with Crippen molar-refractivity contribution >= 4 is 34.6 Å². The number of anilines is 1. The van der Waals surface area contributed by atoms with Crippen LogP contribution in [0.4, 0.5) is 5.69 Å². The number of carbonyl (C=O) groups is 3. The highest BCUT2D eigenvalue weighted by molar-refractivity contribution is 7.14. The van der Waals surface area contributed by atoms with Gasteiger partial charge in [0.1, 0.15) is 0 Å². The standard InChI is InChI=1S/C18H21N3O3S/c1-12-7-9-16(25-12)15(22)8-10-17(23)19-20-18(24)13-5-4-6-14(11-13)21(2)3/h4-7,9,11H,8,10H2,1-3H3,(H,19,23)(H,20,24). The maximum atomic E-state index is 12.1. The quantitative estimate of drug-likeness (QED) is 0.614. The fourth-order valence-corrected chi connectivity index (χ4v) is 2.96. The second-order valence-electron chi connectivity index (χ2n) is 5.78. The molecule has 1 aromatic carbocycles. The molecule has 0 spiro atoms. The van der Waals surface area contributed by atoms with E-state index in [9.17, 15) is 14.4 Å². The molecule has 6 nitrogen and oxygen atoms in total. The highest BCUT2D eigenvalue weighted by Gasteiger charge is 2.12. The number of amides is 2. The number of ketones is 1. The van der Waals surface area contributed by atoms with E-state index in [0.29, 0.717) is 10.4 Å². The van der Waals surface area contributed by atoms with Crippen LogP contribution in [0.15, 0.2) is 36.4 Å². The Kier molecular flexibility index (Phi) is 6.30. The Hall–Kier alpha value is -2.67. The number of benzene rings is 1. The van der Waals surface area contributed by atoms with Crippen LogP contribution in [0.25, 0.3) is 0 Å². The fraction of sp³-hybridized carbons (Fsp3) is 0.278. The van der Waals surface area contributed by atoms with Gasteiger partial charge in [-0.1, -0.05) is 6.07 Å². The number of rotatable bonds is 6. The first-order valence-corrected chi connectivity index (χ1v) is 8.64. The molecular weight excluding hydrogens is 338 g/mol.